The molecule has 3 aromatic rings. The van der Waals surface area contributed by atoms with Gasteiger partial charge in [0.1, 0.15) is 6.54 Å². The van der Waals surface area contributed by atoms with Gasteiger partial charge in [0, 0.05) is 18.1 Å². The van der Waals surface area contributed by atoms with E-state index in [0.717, 1.165) is 15.1 Å². The predicted molar refractivity (Wildman–Crippen MR) is 117 cm³/mol. The van der Waals surface area contributed by atoms with Crippen LogP contribution in [-0.4, -0.2) is 66.2 Å². The van der Waals surface area contributed by atoms with E-state index in [1.807, 2.05) is 19.0 Å². The van der Waals surface area contributed by atoms with E-state index in [1.54, 1.807) is 42.5 Å². The normalized spacial score (nSPS) is 13.4. The highest BCUT2D eigenvalue weighted by Gasteiger charge is 2.37. The molecule has 9 heteroatoms. The second-order valence-electron chi connectivity index (χ2n) is 7.20. The van der Waals surface area contributed by atoms with E-state index in [0.29, 0.717) is 34.4 Å². The lowest BCUT2D eigenvalue weighted by Crippen LogP contribution is -2.45. The number of fused-ring (bicyclic) bond motifs is 2. The smallest absolute Gasteiger partial charge is 0.262 e. The average Bonchev–Trinajstić information content (AvgIpc) is 3.22. The van der Waals surface area contributed by atoms with Gasteiger partial charge in [-0.2, -0.15) is 0 Å². The Hall–Kier alpha value is -2.81. The van der Waals surface area contributed by atoms with Crippen molar-refractivity contribution in [2.75, 3.05) is 38.6 Å². The summed E-state index contributed by atoms with van der Waals surface area (Å²) in [5.74, 6) is -1.27. The van der Waals surface area contributed by atoms with Crippen molar-refractivity contribution in [1.29, 1.82) is 0 Å². The van der Waals surface area contributed by atoms with Crippen LogP contribution < -0.4 is 4.90 Å². The monoisotopic (exact) mass is 442 g/mol. The molecule has 0 unspecified atom stereocenters. The number of carbonyl (C=O) groups is 3. The first-order valence-electron chi connectivity index (χ1n) is 9.31. The minimum Gasteiger partial charge on any atom is -0.308 e. The number of benzene rings is 2. The van der Waals surface area contributed by atoms with Gasteiger partial charge in [0.2, 0.25) is 5.91 Å². The summed E-state index contributed by atoms with van der Waals surface area (Å²) in [5.41, 5.74) is 1.39. The fourth-order valence-electron chi connectivity index (χ4n) is 3.23. The first kappa shape index (κ1) is 20.5. The van der Waals surface area contributed by atoms with Crippen LogP contribution in [0.5, 0.6) is 0 Å². The van der Waals surface area contributed by atoms with Gasteiger partial charge in [0.15, 0.2) is 5.13 Å². The van der Waals surface area contributed by atoms with Crippen molar-refractivity contribution in [2.24, 2.45) is 0 Å². The lowest BCUT2D eigenvalue weighted by atomic mass is 10.1. The molecular formula is C21H19ClN4O3S. The number of halogens is 1. The summed E-state index contributed by atoms with van der Waals surface area (Å²) in [7, 11) is 3.82. The molecule has 2 aromatic carbocycles. The van der Waals surface area contributed by atoms with Crippen molar-refractivity contribution >= 4 is 56.0 Å². The molecule has 30 heavy (non-hydrogen) atoms. The number of aromatic nitrogens is 1. The Morgan fingerprint density at radius 3 is 2.37 bits per heavy atom. The first-order valence-corrected chi connectivity index (χ1v) is 10.5. The van der Waals surface area contributed by atoms with Crippen LogP contribution in [0.25, 0.3) is 10.2 Å². The predicted octanol–water partition coefficient (Wildman–Crippen LogP) is 3.14. The number of likely N-dealkylation sites (N-methyl/N-ethyl adjacent to an activating group) is 1. The molecule has 0 bridgehead atoms. The molecule has 1 aliphatic rings. The number of nitrogens with zero attached hydrogens (tertiary/aromatic N) is 4. The largest absolute Gasteiger partial charge is 0.308 e. The number of rotatable bonds is 6. The van der Waals surface area contributed by atoms with Crippen molar-refractivity contribution < 1.29 is 14.4 Å². The minimum absolute atomic E-state index is 0.324. The van der Waals surface area contributed by atoms with Crippen LogP contribution in [0.4, 0.5) is 5.13 Å². The van der Waals surface area contributed by atoms with E-state index >= 15 is 0 Å². The molecule has 0 aliphatic carbocycles. The minimum atomic E-state index is -0.451. The van der Waals surface area contributed by atoms with Gasteiger partial charge in [-0.3, -0.25) is 24.2 Å². The van der Waals surface area contributed by atoms with E-state index in [4.69, 9.17) is 11.6 Å². The molecule has 4 rings (SSSR count). The summed E-state index contributed by atoms with van der Waals surface area (Å²) in [6, 6.07) is 11.9. The topological polar surface area (TPSA) is 73.8 Å². The SMILES string of the molecule is CN(C)CCN(C(=O)CN1C(=O)c2ccccc2C1=O)c1nc2ccc(Cl)cc2s1. The number of hydrogen-bond donors (Lipinski definition) is 0. The molecule has 1 aromatic heterocycles. The van der Waals surface area contributed by atoms with Crippen molar-refractivity contribution in [3.63, 3.8) is 0 Å². The van der Waals surface area contributed by atoms with E-state index in [-0.39, 0.29) is 12.5 Å². The Morgan fingerprint density at radius 1 is 1.07 bits per heavy atom. The number of thiazole rings is 1. The molecule has 154 valence electrons. The molecule has 0 saturated heterocycles. The molecule has 3 amide bonds. The fraction of sp³-hybridized carbons (Fsp3) is 0.238. The van der Waals surface area contributed by atoms with Crippen LogP contribution in [0.1, 0.15) is 20.7 Å². The highest BCUT2D eigenvalue weighted by atomic mass is 35.5. The van der Waals surface area contributed by atoms with E-state index in [1.165, 1.54) is 16.2 Å². The molecule has 0 spiro atoms. The number of hydrogen-bond acceptors (Lipinski definition) is 6. The average molecular weight is 443 g/mol. The first-order chi connectivity index (χ1) is 14.3. The van der Waals surface area contributed by atoms with Crippen molar-refractivity contribution in [1.82, 2.24) is 14.8 Å². The molecule has 0 radical (unpaired) electrons. The molecule has 1 aliphatic heterocycles. The second-order valence-corrected chi connectivity index (χ2v) is 8.64. The molecule has 0 fully saturated rings. The maximum atomic E-state index is 13.2. The van der Waals surface area contributed by atoms with Crippen LogP contribution in [0.2, 0.25) is 5.02 Å². The van der Waals surface area contributed by atoms with E-state index in [2.05, 4.69) is 4.98 Å². The Labute approximate surface area is 182 Å². The second kappa shape index (κ2) is 8.14. The van der Waals surface area contributed by atoms with Gasteiger partial charge in [-0.1, -0.05) is 35.1 Å². The Balaban J connectivity index is 1.61. The summed E-state index contributed by atoms with van der Waals surface area (Å²) in [5, 5.41) is 1.10. The van der Waals surface area contributed by atoms with Gasteiger partial charge in [-0.05, 0) is 44.4 Å². The lowest BCUT2D eigenvalue weighted by molar-refractivity contribution is -0.119. The summed E-state index contributed by atoms with van der Waals surface area (Å²) < 4.78 is 0.862. The third kappa shape index (κ3) is 3.81. The number of carbonyl (C=O) groups excluding carboxylic acids is 3. The molecule has 2 heterocycles. The van der Waals surface area contributed by atoms with Crippen LogP contribution in [0, 0.1) is 0 Å². The van der Waals surface area contributed by atoms with Gasteiger partial charge < -0.3 is 4.90 Å². The summed E-state index contributed by atoms with van der Waals surface area (Å²) in [6.45, 7) is 0.642. The number of amides is 3. The standard InChI is InChI=1S/C21H19ClN4O3S/c1-24(2)9-10-25(21-23-16-8-7-13(22)11-17(16)30-21)18(27)12-26-19(28)14-5-3-4-6-15(14)20(26)29/h3-8,11H,9-10,12H2,1-2H3. The van der Waals surface area contributed by atoms with Crippen LogP contribution in [-0.2, 0) is 4.79 Å². The van der Waals surface area contributed by atoms with Crippen LogP contribution in [0.15, 0.2) is 42.5 Å². The number of anilines is 1. The lowest BCUT2D eigenvalue weighted by Gasteiger charge is -2.24. The van der Waals surface area contributed by atoms with Crippen molar-refractivity contribution in [3.05, 3.63) is 58.6 Å². The zero-order valence-electron chi connectivity index (χ0n) is 16.5. The van der Waals surface area contributed by atoms with Gasteiger partial charge in [0.05, 0.1) is 21.3 Å². The zero-order chi connectivity index (χ0) is 21.4. The maximum absolute atomic E-state index is 13.2. The molecular weight excluding hydrogens is 424 g/mol. The Kier molecular flexibility index (Phi) is 5.55. The van der Waals surface area contributed by atoms with Crippen molar-refractivity contribution in [3.8, 4) is 0 Å². The zero-order valence-corrected chi connectivity index (χ0v) is 18.0. The van der Waals surface area contributed by atoms with Gasteiger partial charge in [-0.25, -0.2) is 4.98 Å². The molecule has 7 nitrogen and oxygen atoms in total. The molecule has 0 saturated carbocycles. The van der Waals surface area contributed by atoms with Crippen LogP contribution in [0.3, 0.4) is 0 Å². The van der Waals surface area contributed by atoms with Gasteiger partial charge in [-0.15, -0.1) is 0 Å². The molecule has 0 N–H and O–H groups in total. The highest BCUT2D eigenvalue weighted by molar-refractivity contribution is 7.22. The summed E-state index contributed by atoms with van der Waals surface area (Å²) in [4.78, 5) is 47.5. The third-order valence-corrected chi connectivity index (χ3v) is 6.09. The van der Waals surface area contributed by atoms with E-state index in [9.17, 15) is 14.4 Å². The summed E-state index contributed by atoms with van der Waals surface area (Å²) in [6.07, 6.45) is 0. The van der Waals surface area contributed by atoms with Gasteiger partial charge >= 0.3 is 0 Å². The maximum Gasteiger partial charge on any atom is 0.262 e. The Bertz CT molecular complexity index is 1130. The quantitative estimate of drug-likeness (QED) is 0.548. The van der Waals surface area contributed by atoms with Crippen molar-refractivity contribution in [2.45, 2.75) is 0 Å². The van der Waals surface area contributed by atoms with Crippen LogP contribution >= 0.6 is 22.9 Å². The third-order valence-electron chi connectivity index (χ3n) is 4.81. The van der Waals surface area contributed by atoms with E-state index < -0.39 is 11.8 Å². The molecule has 0 atom stereocenters. The highest BCUT2D eigenvalue weighted by Crippen LogP contribution is 2.31. The van der Waals surface area contributed by atoms with Gasteiger partial charge in [0.25, 0.3) is 11.8 Å². The Morgan fingerprint density at radius 2 is 1.73 bits per heavy atom. The summed E-state index contributed by atoms with van der Waals surface area (Å²) >= 11 is 7.42. The number of imide groups is 1. The fourth-order valence-corrected chi connectivity index (χ4v) is 4.52.